The van der Waals surface area contributed by atoms with E-state index >= 15 is 0 Å². The molecule has 7 rings (SSSR count). The summed E-state index contributed by atoms with van der Waals surface area (Å²) in [5.41, 5.74) is 1.14. The molecular weight excluding hydrogens is 1170 g/mol. The zero-order valence-electron chi connectivity index (χ0n) is 52.6. The van der Waals surface area contributed by atoms with Crippen molar-refractivity contribution < 1.29 is 87.7 Å². The molecule has 5 aliphatic rings. The number of Topliss-reactive ketones (excluding diaryl/α,β-unsaturated/α-hetero) is 1. The summed E-state index contributed by atoms with van der Waals surface area (Å²) in [6, 6.07) is -1.42. The van der Waals surface area contributed by atoms with Gasteiger partial charge in [0, 0.05) is 81.8 Å². The third kappa shape index (κ3) is 16.7. The molecule has 3 fully saturated rings. The quantitative estimate of drug-likeness (QED) is 0.0389. The highest BCUT2D eigenvalue weighted by atomic mass is 16.7. The summed E-state index contributed by atoms with van der Waals surface area (Å²) in [5, 5.41) is 73.3. The minimum absolute atomic E-state index is 0.0125. The predicted octanol–water partition coefficient (Wildman–Crippen LogP) is -1.45. The molecule has 13 N–H and O–H groups in total. The maximum Gasteiger partial charge on any atom is 0.243 e. The van der Waals surface area contributed by atoms with Gasteiger partial charge in [-0.3, -0.25) is 57.7 Å². The Morgan fingerprint density at radius 1 is 0.767 bits per heavy atom. The molecule has 0 spiro atoms. The maximum atomic E-state index is 14.4. The molecule has 0 unspecified atom stereocenters. The van der Waals surface area contributed by atoms with Crippen LogP contribution in [0.1, 0.15) is 142 Å². The number of nitrogens with two attached hydrogens (primary N) is 1. The Morgan fingerprint density at radius 2 is 1.39 bits per heavy atom. The number of benzene rings is 2. The Labute approximate surface area is 523 Å². The second-order valence-corrected chi connectivity index (χ2v) is 25.4. The highest BCUT2D eigenvalue weighted by Gasteiger charge is 2.51. The van der Waals surface area contributed by atoms with Gasteiger partial charge in [-0.15, -0.1) is 0 Å². The average molecular weight is 1260 g/mol. The van der Waals surface area contributed by atoms with E-state index in [1.165, 1.54) is 37.1 Å². The molecule has 3 heterocycles. The fourth-order valence-electron chi connectivity index (χ4n) is 12.6. The van der Waals surface area contributed by atoms with Crippen molar-refractivity contribution in [1.29, 1.82) is 0 Å². The number of aliphatic hydroxyl groups excluding tert-OH is 2. The van der Waals surface area contributed by atoms with Crippen molar-refractivity contribution in [2.75, 3.05) is 79.2 Å². The smallest absolute Gasteiger partial charge is 0.243 e. The molecule has 10 atom stereocenters. The Balaban J connectivity index is 0.980. The highest BCUT2D eigenvalue weighted by molar-refractivity contribution is 6.31. The van der Waals surface area contributed by atoms with Gasteiger partial charge in [-0.05, 0) is 62.8 Å². The van der Waals surface area contributed by atoms with Crippen LogP contribution in [0.3, 0.4) is 0 Å². The molecular formula is C62H90N10O18. The molecule has 3 aliphatic heterocycles. The minimum Gasteiger partial charge on any atom is -0.507 e. The summed E-state index contributed by atoms with van der Waals surface area (Å²) in [5.74, 6) is -9.16. The number of likely N-dealkylation sites (tertiary alicyclic amines) is 1. The lowest BCUT2D eigenvalue weighted by Crippen LogP contribution is -2.60. The molecule has 0 bridgehead atoms. The van der Waals surface area contributed by atoms with E-state index in [0.29, 0.717) is 32.5 Å². The van der Waals surface area contributed by atoms with Crippen molar-refractivity contribution in [2.45, 2.75) is 160 Å². The van der Waals surface area contributed by atoms with Crippen molar-refractivity contribution in [3.8, 4) is 17.2 Å². The van der Waals surface area contributed by atoms with E-state index in [4.69, 9.17) is 19.9 Å². The summed E-state index contributed by atoms with van der Waals surface area (Å²) in [7, 11) is 1.28. The van der Waals surface area contributed by atoms with Gasteiger partial charge in [0.25, 0.3) is 0 Å². The third-order valence-electron chi connectivity index (χ3n) is 17.1. The molecule has 2 aliphatic carbocycles. The number of fused-ring (bicyclic) bond motifs is 3. The van der Waals surface area contributed by atoms with Gasteiger partial charge in [0.05, 0.1) is 61.7 Å². The van der Waals surface area contributed by atoms with Crippen LogP contribution in [-0.4, -0.2) is 232 Å². The topological polar surface area (TPSA) is 407 Å². The molecule has 3 saturated heterocycles. The monoisotopic (exact) mass is 1260 g/mol. The molecule has 496 valence electrons. The lowest BCUT2D eigenvalue weighted by Gasteiger charge is -2.43. The van der Waals surface area contributed by atoms with Gasteiger partial charge in [0.1, 0.15) is 59.7 Å². The van der Waals surface area contributed by atoms with E-state index in [-0.39, 0.29) is 97.0 Å². The van der Waals surface area contributed by atoms with E-state index in [1.54, 1.807) is 13.8 Å². The van der Waals surface area contributed by atoms with Gasteiger partial charge < -0.3 is 82.3 Å². The number of piperazine rings is 1. The number of nitrogens with zero attached hydrogens (tertiary/aromatic N) is 3. The predicted molar refractivity (Wildman–Crippen MR) is 323 cm³/mol. The number of aliphatic hydroxyl groups is 3. The largest absolute Gasteiger partial charge is 0.507 e. The van der Waals surface area contributed by atoms with Crippen molar-refractivity contribution in [1.82, 2.24) is 46.6 Å². The second-order valence-electron chi connectivity index (χ2n) is 25.4. The molecule has 0 saturated carbocycles. The zero-order valence-corrected chi connectivity index (χ0v) is 52.6. The zero-order chi connectivity index (χ0) is 66.1. The number of nitrogens with one attached hydrogen (secondary N) is 6. The number of methoxy groups -OCH3 is 1. The normalized spacial score (nSPS) is 23.7. The first-order chi connectivity index (χ1) is 42.6. The van der Waals surface area contributed by atoms with E-state index in [0.717, 1.165) is 19.6 Å². The Kier molecular flexibility index (Phi) is 24.0. The standard InChI is InChI=1S/C62H90N10O18/c1-31(2)21-38(69-61(86)41-12-10-15-72(41)47(77)28-64-46(76)29-71-19-17-70(16-14-63)18-20-71)58(83)65-27-45(75)66-39(22-32(3)4)59(84)68-40(23-33(5)6)60(85)67-37-24-48(89-34(7)53(37)78)90-43-26-62(87,44(74)30-73)25-36-50(43)57(82)52-51(55(36)80)54(79)35-11-9-13-42(88-8)49(35)56(52)81/h9,11,13,31-34,37-41,43,48,53,73,78,80,82,87H,10,12,14-30,63H2,1-8H3,(H,64,76)(H,65,83)(H,66,75)(H,67,85)(H,68,84)(H,69,86)/t34-,37-,38-,39-,40-,41-,43-,48-,53+,62-/m0/s1. The van der Waals surface area contributed by atoms with Crippen molar-refractivity contribution in [2.24, 2.45) is 23.5 Å². The Bertz CT molecular complexity index is 3020. The Hall–Kier alpha value is -7.18. The van der Waals surface area contributed by atoms with E-state index < -0.39 is 162 Å². The third-order valence-corrected chi connectivity index (χ3v) is 17.1. The summed E-state index contributed by atoms with van der Waals surface area (Å²) in [6.07, 6.45) is -6.00. The fraction of sp³-hybridized carbons (Fsp3) is 0.645. The SMILES string of the molecule is COc1cccc2c1C(=O)c1c(O)c3c(c(O)c1C2=O)C[C@@](O)(C(=O)CO)C[C@@H]3O[C@H]1C[C@H](NC(=O)[C@H](CC(C)C)NC(=O)[C@H](CC(C)C)NC(=O)CNC(=O)[C@H](CC(C)C)NC(=O)[C@@H]2CCCN2C(=O)CNC(=O)CN2CCN(CCN)CC2)[C@H](O)[C@H](C)O1. The summed E-state index contributed by atoms with van der Waals surface area (Å²) < 4.78 is 17.8. The number of carbonyl (C=O) groups excluding carboxylic acids is 10. The summed E-state index contributed by atoms with van der Waals surface area (Å²) in [4.78, 5) is 143. The number of hydrogen-bond acceptors (Lipinski definition) is 21. The molecule has 2 aromatic rings. The highest BCUT2D eigenvalue weighted by Crippen LogP contribution is 2.52. The van der Waals surface area contributed by atoms with Gasteiger partial charge in [-0.1, -0.05) is 53.7 Å². The number of ether oxygens (including phenoxy) is 3. The van der Waals surface area contributed by atoms with Crippen LogP contribution in [0.15, 0.2) is 18.2 Å². The van der Waals surface area contributed by atoms with Crippen molar-refractivity contribution >= 4 is 58.7 Å². The molecule has 0 radical (unpaired) electrons. The van der Waals surface area contributed by atoms with Crippen LogP contribution in [0, 0.1) is 17.8 Å². The number of amides is 7. The van der Waals surface area contributed by atoms with Crippen LogP contribution in [-0.2, 0) is 54.3 Å². The molecule has 28 nitrogen and oxygen atoms in total. The molecule has 0 aromatic heterocycles. The first-order valence-corrected chi connectivity index (χ1v) is 31.0. The lowest BCUT2D eigenvalue weighted by atomic mass is 9.72. The van der Waals surface area contributed by atoms with Crippen LogP contribution >= 0.6 is 0 Å². The van der Waals surface area contributed by atoms with Crippen molar-refractivity contribution in [3.05, 3.63) is 51.6 Å². The number of phenols is 2. The fourth-order valence-corrected chi connectivity index (χ4v) is 12.6. The number of hydrogen-bond donors (Lipinski definition) is 12. The van der Waals surface area contributed by atoms with Crippen LogP contribution < -0.4 is 42.4 Å². The van der Waals surface area contributed by atoms with Gasteiger partial charge in [-0.25, -0.2) is 0 Å². The number of phenolic OH excluding ortho intramolecular Hbond substituents is 2. The summed E-state index contributed by atoms with van der Waals surface area (Å²) >= 11 is 0. The van der Waals surface area contributed by atoms with Gasteiger partial charge in [0.15, 0.2) is 17.9 Å². The molecule has 2 aromatic carbocycles. The van der Waals surface area contributed by atoms with Gasteiger partial charge in [0.2, 0.25) is 47.1 Å². The number of ketones is 3. The minimum atomic E-state index is -2.45. The number of rotatable bonds is 27. The average Bonchev–Trinajstić information content (AvgIpc) is 0.974. The first-order valence-electron chi connectivity index (χ1n) is 31.0. The number of carbonyl (C=O) groups is 10. The summed E-state index contributed by atoms with van der Waals surface area (Å²) in [6.45, 7) is 15.0. The van der Waals surface area contributed by atoms with Crippen LogP contribution in [0.2, 0.25) is 0 Å². The van der Waals surface area contributed by atoms with Gasteiger partial charge in [-0.2, -0.15) is 0 Å². The van der Waals surface area contributed by atoms with Crippen LogP contribution in [0.25, 0.3) is 0 Å². The number of aromatic hydroxyl groups is 2. The maximum absolute atomic E-state index is 14.4. The molecule has 90 heavy (non-hydrogen) atoms. The lowest BCUT2D eigenvalue weighted by molar-refractivity contribution is -0.249. The second kappa shape index (κ2) is 30.8. The first kappa shape index (κ1) is 70.3. The van der Waals surface area contributed by atoms with Crippen molar-refractivity contribution in [3.63, 3.8) is 0 Å². The van der Waals surface area contributed by atoms with Crippen LogP contribution in [0.5, 0.6) is 17.2 Å². The Morgan fingerprint density at radius 3 is 2.01 bits per heavy atom. The van der Waals surface area contributed by atoms with Gasteiger partial charge >= 0.3 is 0 Å². The van der Waals surface area contributed by atoms with E-state index in [1.807, 2.05) is 32.6 Å². The van der Waals surface area contributed by atoms with Crippen LogP contribution in [0.4, 0.5) is 0 Å². The van der Waals surface area contributed by atoms with E-state index in [2.05, 4.69) is 36.8 Å². The molecule has 7 amide bonds. The molecule has 28 heteroatoms. The van der Waals surface area contributed by atoms with E-state index in [9.17, 15) is 73.5 Å².